The van der Waals surface area contributed by atoms with E-state index in [1.807, 2.05) is 36.4 Å². The van der Waals surface area contributed by atoms with Crippen LogP contribution in [0.4, 0.5) is 10.5 Å². The Balaban J connectivity index is 1.35. The monoisotopic (exact) mass is 458 g/mol. The van der Waals surface area contributed by atoms with Crippen LogP contribution in [0.2, 0.25) is 0 Å². The lowest BCUT2D eigenvalue weighted by Gasteiger charge is -2.19. The summed E-state index contributed by atoms with van der Waals surface area (Å²) in [6, 6.07) is 22.0. The summed E-state index contributed by atoms with van der Waals surface area (Å²) < 4.78 is 5.54. The van der Waals surface area contributed by atoms with Crippen LogP contribution in [0.3, 0.4) is 0 Å². The van der Waals surface area contributed by atoms with Gasteiger partial charge >= 0.3 is 12.1 Å². The standard InChI is InChI=1S/C27H26N2O5/c1-2-24(26(32)28-18-13-11-17(12-14-18)15-25(30)31)29-27(33)34-16-23-21-9-5-3-7-19(21)20-8-4-6-10-22(20)23/h3-14,23-24H,2,15-16H2,1H3,(H,28,32)(H,29,33)(H,30,31). The largest absolute Gasteiger partial charge is 0.481 e. The first-order valence-electron chi connectivity index (χ1n) is 11.2. The van der Waals surface area contributed by atoms with Gasteiger partial charge in [-0.2, -0.15) is 0 Å². The Morgan fingerprint density at radius 1 is 0.912 bits per heavy atom. The molecule has 0 aromatic heterocycles. The SMILES string of the molecule is CCC(NC(=O)OCC1c2ccccc2-c2ccccc21)C(=O)Nc1ccc(CC(=O)O)cc1. The van der Waals surface area contributed by atoms with Gasteiger partial charge in [0.25, 0.3) is 0 Å². The predicted octanol–water partition coefficient (Wildman–Crippen LogP) is 4.57. The quantitative estimate of drug-likeness (QED) is 0.459. The highest BCUT2D eigenvalue weighted by Crippen LogP contribution is 2.44. The summed E-state index contributed by atoms with van der Waals surface area (Å²) in [5.41, 5.74) is 5.68. The van der Waals surface area contributed by atoms with E-state index in [1.54, 1.807) is 31.2 Å². The minimum absolute atomic E-state index is 0.0589. The highest BCUT2D eigenvalue weighted by Gasteiger charge is 2.29. The Morgan fingerprint density at radius 3 is 2.06 bits per heavy atom. The second-order valence-electron chi connectivity index (χ2n) is 8.19. The van der Waals surface area contributed by atoms with Crippen LogP contribution in [0.15, 0.2) is 72.8 Å². The number of carboxylic acids is 1. The molecule has 0 spiro atoms. The molecule has 0 saturated heterocycles. The van der Waals surface area contributed by atoms with Gasteiger partial charge in [-0.15, -0.1) is 0 Å². The smallest absolute Gasteiger partial charge is 0.407 e. The van der Waals surface area contributed by atoms with Crippen LogP contribution in [0.25, 0.3) is 11.1 Å². The fourth-order valence-electron chi connectivity index (χ4n) is 4.25. The van der Waals surface area contributed by atoms with Crippen molar-refractivity contribution in [1.82, 2.24) is 5.32 Å². The van der Waals surface area contributed by atoms with Gasteiger partial charge in [0.05, 0.1) is 6.42 Å². The fraction of sp³-hybridized carbons (Fsp3) is 0.222. The van der Waals surface area contributed by atoms with Crippen LogP contribution in [0, 0.1) is 0 Å². The van der Waals surface area contributed by atoms with Gasteiger partial charge in [-0.3, -0.25) is 9.59 Å². The first kappa shape index (κ1) is 23.0. The number of hydrogen-bond acceptors (Lipinski definition) is 4. The van der Waals surface area contributed by atoms with Crippen molar-refractivity contribution in [3.8, 4) is 11.1 Å². The van der Waals surface area contributed by atoms with Gasteiger partial charge in [-0.1, -0.05) is 67.6 Å². The molecular formula is C27H26N2O5. The van der Waals surface area contributed by atoms with Gasteiger partial charge in [0.15, 0.2) is 0 Å². The summed E-state index contributed by atoms with van der Waals surface area (Å²) in [5, 5.41) is 14.2. The zero-order valence-electron chi connectivity index (χ0n) is 18.8. The average molecular weight is 459 g/mol. The Morgan fingerprint density at radius 2 is 1.50 bits per heavy atom. The normalized spacial score (nSPS) is 12.9. The predicted molar refractivity (Wildman–Crippen MR) is 129 cm³/mol. The molecule has 1 unspecified atom stereocenters. The topological polar surface area (TPSA) is 105 Å². The number of alkyl carbamates (subject to hydrolysis) is 1. The molecule has 0 aliphatic heterocycles. The van der Waals surface area contributed by atoms with Crippen molar-refractivity contribution < 1.29 is 24.2 Å². The van der Waals surface area contributed by atoms with Crippen molar-refractivity contribution >= 4 is 23.7 Å². The first-order valence-corrected chi connectivity index (χ1v) is 11.2. The number of aliphatic carboxylic acids is 1. The number of hydrogen-bond donors (Lipinski definition) is 3. The number of benzene rings is 3. The molecule has 4 rings (SSSR count). The molecule has 7 heteroatoms. The summed E-state index contributed by atoms with van der Waals surface area (Å²) in [5.74, 6) is -1.35. The summed E-state index contributed by atoms with van der Waals surface area (Å²) >= 11 is 0. The summed E-state index contributed by atoms with van der Waals surface area (Å²) in [6.45, 7) is 1.97. The van der Waals surface area contributed by atoms with E-state index in [2.05, 4.69) is 22.8 Å². The molecule has 3 aromatic rings. The molecule has 0 radical (unpaired) electrons. The minimum Gasteiger partial charge on any atom is -0.481 e. The molecule has 0 fully saturated rings. The maximum absolute atomic E-state index is 12.7. The van der Waals surface area contributed by atoms with Crippen molar-refractivity contribution in [3.63, 3.8) is 0 Å². The maximum Gasteiger partial charge on any atom is 0.407 e. The highest BCUT2D eigenvalue weighted by molar-refractivity contribution is 5.96. The number of amides is 2. The molecule has 7 nitrogen and oxygen atoms in total. The molecule has 2 amide bonds. The zero-order valence-corrected chi connectivity index (χ0v) is 18.8. The van der Waals surface area contributed by atoms with E-state index in [1.165, 1.54) is 0 Å². The van der Waals surface area contributed by atoms with E-state index in [9.17, 15) is 14.4 Å². The molecule has 0 heterocycles. The number of ether oxygens (including phenoxy) is 1. The number of anilines is 1. The maximum atomic E-state index is 12.7. The van der Waals surface area contributed by atoms with E-state index < -0.39 is 18.1 Å². The number of carbonyl (C=O) groups excluding carboxylic acids is 2. The Kier molecular flexibility index (Phi) is 6.92. The number of carbonyl (C=O) groups is 3. The van der Waals surface area contributed by atoms with Crippen molar-refractivity contribution in [3.05, 3.63) is 89.5 Å². The van der Waals surface area contributed by atoms with E-state index in [4.69, 9.17) is 9.84 Å². The van der Waals surface area contributed by atoms with Crippen molar-refractivity contribution in [2.24, 2.45) is 0 Å². The third-order valence-electron chi connectivity index (χ3n) is 5.94. The summed E-state index contributed by atoms with van der Waals surface area (Å²) in [6.07, 6.45) is -0.358. The van der Waals surface area contributed by atoms with Gasteiger partial charge in [0, 0.05) is 11.6 Å². The molecule has 3 N–H and O–H groups in total. The van der Waals surface area contributed by atoms with Gasteiger partial charge in [0.2, 0.25) is 5.91 Å². The van der Waals surface area contributed by atoms with Gasteiger partial charge < -0.3 is 20.5 Å². The van der Waals surface area contributed by atoms with Crippen LogP contribution < -0.4 is 10.6 Å². The number of nitrogens with one attached hydrogen (secondary N) is 2. The van der Waals surface area contributed by atoms with E-state index >= 15 is 0 Å². The average Bonchev–Trinajstić information content (AvgIpc) is 3.16. The molecule has 0 saturated carbocycles. The van der Waals surface area contributed by atoms with Crippen molar-refractivity contribution in [2.75, 3.05) is 11.9 Å². The molecule has 1 atom stereocenters. The van der Waals surface area contributed by atoms with Crippen LogP contribution >= 0.6 is 0 Å². The number of carboxylic acid groups (broad SMARTS) is 1. The molecule has 174 valence electrons. The van der Waals surface area contributed by atoms with Crippen LogP contribution in [0.5, 0.6) is 0 Å². The first-order chi connectivity index (χ1) is 16.5. The summed E-state index contributed by atoms with van der Waals surface area (Å²) in [4.78, 5) is 36.0. The van der Waals surface area contributed by atoms with E-state index in [0.29, 0.717) is 17.7 Å². The molecule has 1 aliphatic rings. The van der Waals surface area contributed by atoms with Gasteiger partial charge in [-0.05, 0) is 46.4 Å². The third-order valence-corrected chi connectivity index (χ3v) is 5.94. The number of rotatable bonds is 8. The number of fused-ring (bicyclic) bond motifs is 3. The second-order valence-corrected chi connectivity index (χ2v) is 8.19. The lowest BCUT2D eigenvalue weighted by molar-refractivity contribution is -0.136. The van der Waals surface area contributed by atoms with E-state index in [-0.39, 0.29) is 24.9 Å². The van der Waals surface area contributed by atoms with Crippen molar-refractivity contribution in [1.29, 1.82) is 0 Å². The Labute approximate surface area is 197 Å². The van der Waals surface area contributed by atoms with Crippen molar-refractivity contribution in [2.45, 2.75) is 31.7 Å². The van der Waals surface area contributed by atoms with Crippen LogP contribution in [0.1, 0.15) is 36.0 Å². The molecule has 34 heavy (non-hydrogen) atoms. The highest BCUT2D eigenvalue weighted by atomic mass is 16.5. The third kappa shape index (κ3) is 5.09. The second kappa shape index (κ2) is 10.2. The zero-order chi connectivity index (χ0) is 24.1. The Hall–Kier alpha value is -4.13. The van der Waals surface area contributed by atoms with Crippen LogP contribution in [-0.4, -0.2) is 35.7 Å². The lowest BCUT2D eigenvalue weighted by Crippen LogP contribution is -2.43. The van der Waals surface area contributed by atoms with Gasteiger partial charge in [0.1, 0.15) is 12.6 Å². The minimum atomic E-state index is -0.921. The molecular weight excluding hydrogens is 432 g/mol. The summed E-state index contributed by atoms with van der Waals surface area (Å²) in [7, 11) is 0. The van der Waals surface area contributed by atoms with Gasteiger partial charge in [-0.25, -0.2) is 4.79 Å². The molecule has 3 aromatic carbocycles. The van der Waals surface area contributed by atoms with Crippen LogP contribution in [-0.2, 0) is 20.7 Å². The van der Waals surface area contributed by atoms with E-state index in [0.717, 1.165) is 22.3 Å². The molecule has 1 aliphatic carbocycles. The fourth-order valence-corrected chi connectivity index (χ4v) is 4.25. The Bertz CT molecular complexity index is 1160. The molecule has 0 bridgehead atoms. The lowest BCUT2D eigenvalue weighted by atomic mass is 9.98.